The first-order valence-corrected chi connectivity index (χ1v) is 7.38. The van der Waals surface area contributed by atoms with Gasteiger partial charge >= 0.3 is 0 Å². The number of imidazole rings is 1. The fourth-order valence-corrected chi connectivity index (χ4v) is 2.54. The Kier molecular flexibility index (Phi) is 4.10. The molecule has 0 fully saturated rings. The lowest BCUT2D eigenvalue weighted by Gasteiger charge is -2.18. The van der Waals surface area contributed by atoms with Gasteiger partial charge in [0.1, 0.15) is 0 Å². The topological polar surface area (TPSA) is 48.3 Å². The van der Waals surface area contributed by atoms with E-state index in [9.17, 15) is 0 Å². The highest BCUT2D eigenvalue weighted by molar-refractivity contribution is 5.45. The van der Waals surface area contributed by atoms with Crippen molar-refractivity contribution < 1.29 is 9.47 Å². The summed E-state index contributed by atoms with van der Waals surface area (Å²) in [4.78, 5) is 4.47. The van der Waals surface area contributed by atoms with Crippen LogP contribution in [0, 0.1) is 0 Å². The minimum absolute atomic E-state index is 0.0633. The number of nitrogens with zero attached hydrogens (tertiary/aromatic N) is 2. The second-order valence-electron chi connectivity index (χ2n) is 5.21. The highest BCUT2D eigenvalue weighted by atomic mass is 16.5. The van der Waals surface area contributed by atoms with E-state index in [0.717, 1.165) is 35.7 Å². The average molecular weight is 287 g/mol. The fourth-order valence-electron chi connectivity index (χ4n) is 2.54. The van der Waals surface area contributed by atoms with Crippen LogP contribution in [-0.2, 0) is 7.05 Å². The highest BCUT2D eigenvalue weighted by Crippen LogP contribution is 2.33. The van der Waals surface area contributed by atoms with Gasteiger partial charge in [-0.15, -0.1) is 0 Å². The van der Waals surface area contributed by atoms with E-state index in [1.165, 1.54) is 0 Å². The summed E-state index contributed by atoms with van der Waals surface area (Å²) in [5.41, 5.74) is 2.15. The van der Waals surface area contributed by atoms with Crippen molar-refractivity contribution in [1.82, 2.24) is 14.9 Å². The van der Waals surface area contributed by atoms with Crippen molar-refractivity contribution in [2.75, 3.05) is 19.8 Å². The normalized spacial score (nSPS) is 15.5. The van der Waals surface area contributed by atoms with E-state index in [1.807, 2.05) is 30.2 Å². The van der Waals surface area contributed by atoms with Crippen LogP contribution in [0.25, 0.3) is 0 Å². The molecule has 112 valence electrons. The minimum atomic E-state index is 0.0633. The Morgan fingerprint density at radius 3 is 2.81 bits per heavy atom. The Morgan fingerprint density at radius 1 is 1.29 bits per heavy atom. The van der Waals surface area contributed by atoms with Crippen molar-refractivity contribution in [1.29, 1.82) is 0 Å². The summed E-state index contributed by atoms with van der Waals surface area (Å²) >= 11 is 0. The van der Waals surface area contributed by atoms with Gasteiger partial charge in [0, 0.05) is 19.7 Å². The molecule has 0 amide bonds. The van der Waals surface area contributed by atoms with Crippen LogP contribution in [0.2, 0.25) is 0 Å². The predicted molar refractivity (Wildman–Crippen MR) is 80.8 cm³/mol. The van der Waals surface area contributed by atoms with E-state index in [1.54, 1.807) is 0 Å². The Hall–Kier alpha value is -2.01. The summed E-state index contributed by atoms with van der Waals surface area (Å²) in [6, 6.07) is 6.19. The fraction of sp³-hybridized carbons (Fsp3) is 0.438. The molecule has 5 heteroatoms. The molecule has 1 aliphatic heterocycles. The maximum Gasteiger partial charge on any atom is 0.161 e. The molecule has 1 unspecified atom stereocenters. The van der Waals surface area contributed by atoms with Crippen LogP contribution in [0.15, 0.2) is 30.7 Å². The molecule has 0 saturated carbocycles. The monoisotopic (exact) mass is 287 g/mol. The first-order chi connectivity index (χ1) is 10.3. The number of hydrogen-bond donors (Lipinski definition) is 1. The number of fused-ring (bicyclic) bond motifs is 1. The van der Waals surface area contributed by atoms with E-state index < -0.39 is 0 Å². The molecule has 5 nitrogen and oxygen atoms in total. The first-order valence-electron chi connectivity index (χ1n) is 7.38. The van der Waals surface area contributed by atoms with Crippen molar-refractivity contribution in [2.24, 2.45) is 7.05 Å². The second kappa shape index (κ2) is 6.18. The smallest absolute Gasteiger partial charge is 0.161 e. The van der Waals surface area contributed by atoms with Crippen LogP contribution in [0.5, 0.6) is 11.5 Å². The predicted octanol–water partition coefficient (Wildman–Crippen LogP) is 2.28. The molecule has 0 bridgehead atoms. The average Bonchev–Trinajstić information content (AvgIpc) is 2.78. The largest absolute Gasteiger partial charge is 0.490 e. The molecule has 1 aromatic carbocycles. The Morgan fingerprint density at radius 2 is 2.10 bits per heavy atom. The summed E-state index contributed by atoms with van der Waals surface area (Å²) < 4.78 is 13.4. The maximum absolute atomic E-state index is 5.78. The molecule has 1 N–H and O–H groups in total. The van der Waals surface area contributed by atoms with Crippen LogP contribution < -0.4 is 14.8 Å². The summed E-state index contributed by atoms with van der Waals surface area (Å²) in [7, 11) is 1.98. The lowest BCUT2D eigenvalue weighted by Crippen LogP contribution is -2.22. The van der Waals surface area contributed by atoms with Gasteiger partial charge in [-0.1, -0.05) is 13.0 Å². The van der Waals surface area contributed by atoms with E-state index in [4.69, 9.17) is 9.47 Å². The van der Waals surface area contributed by atoms with Crippen LogP contribution in [0.1, 0.15) is 30.6 Å². The standard InChI is InChI=1S/C16H21N3O2/c1-3-17-16(13-10-19(2)11-18-13)12-5-6-14-15(9-12)21-8-4-7-20-14/h5-6,9-11,16-17H,3-4,7-8H2,1-2H3. The summed E-state index contributed by atoms with van der Waals surface area (Å²) in [6.07, 6.45) is 4.78. The number of nitrogens with one attached hydrogen (secondary N) is 1. The number of ether oxygens (including phenoxy) is 2. The molecule has 3 rings (SSSR count). The lowest BCUT2D eigenvalue weighted by molar-refractivity contribution is 0.297. The summed E-state index contributed by atoms with van der Waals surface area (Å²) in [5, 5.41) is 3.48. The van der Waals surface area contributed by atoms with E-state index >= 15 is 0 Å². The van der Waals surface area contributed by atoms with Crippen molar-refractivity contribution in [3.05, 3.63) is 42.0 Å². The quantitative estimate of drug-likeness (QED) is 0.937. The van der Waals surface area contributed by atoms with Crippen LogP contribution in [-0.4, -0.2) is 29.3 Å². The minimum Gasteiger partial charge on any atom is -0.490 e. The zero-order valence-corrected chi connectivity index (χ0v) is 12.5. The maximum atomic E-state index is 5.78. The van der Waals surface area contributed by atoms with Crippen LogP contribution in [0.4, 0.5) is 0 Å². The van der Waals surface area contributed by atoms with Gasteiger partial charge in [0.05, 0.1) is 31.3 Å². The van der Waals surface area contributed by atoms with Crippen molar-refractivity contribution in [3.8, 4) is 11.5 Å². The van der Waals surface area contributed by atoms with Crippen molar-refractivity contribution in [2.45, 2.75) is 19.4 Å². The van der Waals surface area contributed by atoms with Crippen LogP contribution in [0.3, 0.4) is 0 Å². The van der Waals surface area contributed by atoms with Gasteiger partial charge in [-0.25, -0.2) is 4.98 Å². The molecule has 1 aliphatic rings. The zero-order valence-electron chi connectivity index (χ0n) is 12.5. The van der Waals surface area contributed by atoms with Gasteiger partial charge in [-0.3, -0.25) is 0 Å². The van der Waals surface area contributed by atoms with Gasteiger partial charge in [0.25, 0.3) is 0 Å². The van der Waals surface area contributed by atoms with E-state index in [2.05, 4.69) is 29.4 Å². The SMILES string of the molecule is CCNC(c1ccc2c(c1)OCCCO2)c1cn(C)cn1. The van der Waals surface area contributed by atoms with Gasteiger partial charge < -0.3 is 19.4 Å². The Bertz CT molecular complexity index is 609. The molecule has 2 heterocycles. The third-order valence-electron chi connectivity index (χ3n) is 3.53. The molecule has 0 saturated heterocycles. The summed E-state index contributed by atoms with van der Waals surface area (Å²) in [5.74, 6) is 1.65. The molecule has 1 atom stereocenters. The number of benzene rings is 1. The number of rotatable bonds is 4. The molecular weight excluding hydrogens is 266 g/mol. The molecule has 2 aromatic rings. The molecule has 0 aliphatic carbocycles. The molecule has 0 spiro atoms. The molecule has 1 aromatic heterocycles. The van der Waals surface area contributed by atoms with Gasteiger partial charge in [0.2, 0.25) is 0 Å². The third-order valence-corrected chi connectivity index (χ3v) is 3.53. The number of aryl methyl sites for hydroxylation is 1. The van der Waals surface area contributed by atoms with E-state index in [0.29, 0.717) is 13.2 Å². The highest BCUT2D eigenvalue weighted by Gasteiger charge is 2.19. The second-order valence-corrected chi connectivity index (χ2v) is 5.21. The lowest BCUT2D eigenvalue weighted by atomic mass is 10.0. The molecular formula is C16H21N3O2. The number of hydrogen-bond acceptors (Lipinski definition) is 4. The van der Waals surface area contributed by atoms with Gasteiger partial charge in [0.15, 0.2) is 11.5 Å². The van der Waals surface area contributed by atoms with Crippen molar-refractivity contribution in [3.63, 3.8) is 0 Å². The van der Waals surface area contributed by atoms with Gasteiger partial charge in [-0.2, -0.15) is 0 Å². The summed E-state index contributed by atoms with van der Waals surface area (Å²) in [6.45, 7) is 4.38. The molecule has 0 radical (unpaired) electrons. The zero-order chi connectivity index (χ0) is 14.7. The van der Waals surface area contributed by atoms with Crippen LogP contribution >= 0.6 is 0 Å². The van der Waals surface area contributed by atoms with Gasteiger partial charge in [-0.05, 0) is 24.2 Å². The first kappa shape index (κ1) is 13.9. The Balaban J connectivity index is 1.94. The third kappa shape index (κ3) is 3.03. The Labute approximate surface area is 124 Å². The van der Waals surface area contributed by atoms with Crippen molar-refractivity contribution >= 4 is 0 Å². The number of aromatic nitrogens is 2. The van der Waals surface area contributed by atoms with E-state index in [-0.39, 0.29) is 6.04 Å². The molecule has 21 heavy (non-hydrogen) atoms.